The zero-order valence-electron chi connectivity index (χ0n) is 10.7. The van der Waals surface area contributed by atoms with Crippen molar-refractivity contribution >= 4 is 11.8 Å². The maximum atomic E-state index is 13.7. The molecule has 0 spiro atoms. The van der Waals surface area contributed by atoms with Crippen LogP contribution in [0.15, 0.2) is 24.3 Å². The molecule has 0 bridgehead atoms. The molecule has 0 saturated carbocycles. The second-order valence-electron chi connectivity index (χ2n) is 4.16. The number of hydrogen-bond acceptors (Lipinski definition) is 2. The normalized spacial score (nSPS) is 12.6. The standard InChI is InChI=1S/C14H22FNS/c1-3-16-11-12(7-6-10-17-2)13-8-4-5-9-14(13)15/h4-5,8-9,12,16H,3,6-7,10-11H2,1-2H3. The van der Waals surface area contributed by atoms with E-state index in [9.17, 15) is 4.39 Å². The summed E-state index contributed by atoms with van der Waals surface area (Å²) in [6, 6.07) is 7.15. The molecular weight excluding hydrogens is 233 g/mol. The molecule has 1 aromatic rings. The molecule has 0 saturated heterocycles. The first-order valence-corrected chi connectivity index (χ1v) is 7.63. The fraction of sp³-hybridized carbons (Fsp3) is 0.571. The Morgan fingerprint density at radius 1 is 1.35 bits per heavy atom. The van der Waals surface area contributed by atoms with Crippen LogP contribution in [0, 0.1) is 5.82 Å². The van der Waals surface area contributed by atoms with Gasteiger partial charge in [0, 0.05) is 6.54 Å². The molecular formula is C14H22FNS. The number of rotatable bonds is 8. The molecule has 17 heavy (non-hydrogen) atoms. The first-order valence-electron chi connectivity index (χ1n) is 6.23. The Morgan fingerprint density at radius 3 is 2.76 bits per heavy atom. The molecule has 0 radical (unpaired) electrons. The predicted molar refractivity (Wildman–Crippen MR) is 75.3 cm³/mol. The molecule has 1 rings (SSSR count). The lowest BCUT2D eigenvalue weighted by atomic mass is 9.94. The van der Waals surface area contributed by atoms with Gasteiger partial charge in [0.1, 0.15) is 5.82 Å². The summed E-state index contributed by atoms with van der Waals surface area (Å²) in [6.45, 7) is 3.89. The lowest BCUT2D eigenvalue weighted by Gasteiger charge is -2.18. The lowest BCUT2D eigenvalue weighted by Crippen LogP contribution is -2.22. The molecule has 0 fully saturated rings. The number of hydrogen-bond donors (Lipinski definition) is 1. The maximum absolute atomic E-state index is 13.7. The van der Waals surface area contributed by atoms with Crippen molar-refractivity contribution in [2.75, 3.05) is 25.1 Å². The van der Waals surface area contributed by atoms with Crippen molar-refractivity contribution in [2.24, 2.45) is 0 Å². The van der Waals surface area contributed by atoms with E-state index in [1.165, 1.54) is 0 Å². The number of thioether (sulfide) groups is 1. The van der Waals surface area contributed by atoms with Gasteiger partial charge in [0.15, 0.2) is 0 Å². The van der Waals surface area contributed by atoms with Crippen LogP contribution in [-0.4, -0.2) is 25.1 Å². The zero-order chi connectivity index (χ0) is 12.5. The number of likely N-dealkylation sites (N-methyl/N-ethyl adjacent to an activating group) is 1. The van der Waals surface area contributed by atoms with Crippen LogP contribution in [0.1, 0.15) is 31.2 Å². The molecule has 1 unspecified atom stereocenters. The summed E-state index contributed by atoms with van der Waals surface area (Å²) in [5.74, 6) is 1.37. The van der Waals surface area contributed by atoms with E-state index < -0.39 is 0 Å². The molecule has 1 N–H and O–H groups in total. The van der Waals surface area contributed by atoms with Gasteiger partial charge in [-0.3, -0.25) is 0 Å². The summed E-state index contributed by atoms with van der Waals surface area (Å²) in [5.41, 5.74) is 0.856. The summed E-state index contributed by atoms with van der Waals surface area (Å²) >= 11 is 1.85. The third-order valence-corrected chi connectivity index (χ3v) is 3.58. The van der Waals surface area contributed by atoms with Gasteiger partial charge < -0.3 is 5.32 Å². The molecule has 1 nitrogen and oxygen atoms in total. The van der Waals surface area contributed by atoms with E-state index in [1.807, 2.05) is 23.9 Å². The Kier molecular flexibility index (Phi) is 7.29. The monoisotopic (exact) mass is 255 g/mol. The Balaban J connectivity index is 2.64. The van der Waals surface area contributed by atoms with Crippen LogP contribution < -0.4 is 5.32 Å². The van der Waals surface area contributed by atoms with E-state index >= 15 is 0 Å². The van der Waals surface area contributed by atoms with Crippen molar-refractivity contribution in [3.05, 3.63) is 35.6 Å². The van der Waals surface area contributed by atoms with E-state index in [1.54, 1.807) is 12.1 Å². The van der Waals surface area contributed by atoms with Crippen LogP contribution in [0.2, 0.25) is 0 Å². The summed E-state index contributed by atoms with van der Waals surface area (Å²) in [6.07, 6.45) is 4.31. The minimum atomic E-state index is -0.0699. The molecule has 1 aromatic carbocycles. The van der Waals surface area contributed by atoms with Crippen LogP contribution >= 0.6 is 11.8 Å². The highest BCUT2D eigenvalue weighted by Crippen LogP contribution is 2.23. The molecule has 0 aliphatic carbocycles. The Hall–Kier alpha value is -0.540. The number of halogens is 1. The van der Waals surface area contributed by atoms with Gasteiger partial charge in [-0.25, -0.2) is 4.39 Å². The molecule has 96 valence electrons. The van der Waals surface area contributed by atoms with E-state index in [0.29, 0.717) is 5.92 Å². The van der Waals surface area contributed by atoms with Gasteiger partial charge >= 0.3 is 0 Å². The van der Waals surface area contributed by atoms with E-state index in [4.69, 9.17) is 0 Å². The quantitative estimate of drug-likeness (QED) is 0.711. The number of nitrogens with one attached hydrogen (secondary N) is 1. The van der Waals surface area contributed by atoms with E-state index in [-0.39, 0.29) is 5.82 Å². The first kappa shape index (κ1) is 14.5. The smallest absolute Gasteiger partial charge is 0.126 e. The average molecular weight is 255 g/mol. The SMILES string of the molecule is CCNCC(CCCSC)c1ccccc1F. The minimum Gasteiger partial charge on any atom is -0.316 e. The molecule has 1 atom stereocenters. The molecule has 0 aliphatic heterocycles. The minimum absolute atomic E-state index is 0.0699. The fourth-order valence-corrected chi connectivity index (χ4v) is 2.42. The zero-order valence-corrected chi connectivity index (χ0v) is 11.5. The molecule has 0 heterocycles. The van der Waals surface area contributed by atoms with Gasteiger partial charge in [0.05, 0.1) is 0 Å². The molecule has 0 aliphatic rings. The van der Waals surface area contributed by atoms with Crippen LogP contribution in [0.5, 0.6) is 0 Å². The van der Waals surface area contributed by atoms with Gasteiger partial charge in [-0.15, -0.1) is 0 Å². The largest absolute Gasteiger partial charge is 0.316 e. The topological polar surface area (TPSA) is 12.0 Å². The predicted octanol–water partition coefficient (Wildman–Crippen LogP) is 3.66. The van der Waals surface area contributed by atoms with Gasteiger partial charge in [-0.1, -0.05) is 25.1 Å². The van der Waals surface area contributed by atoms with E-state index in [2.05, 4.69) is 18.5 Å². The molecule has 3 heteroatoms. The van der Waals surface area contributed by atoms with Crippen molar-refractivity contribution in [1.82, 2.24) is 5.32 Å². The van der Waals surface area contributed by atoms with Gasteiger partial charge in [0.25, 0.3) is 0 Å². The van der Waals surface area contributed by atoms with Crippen molar-refractivity contribution in [3.8, 4) is 0 Å². The number of benzene rings is 1. The van der Waals surface area contributed by atoms with Crippen LogP contribution in [0.3, 0.4) is 0 Å². The van der Waals surface area contributed by atoms with Crippen molar-refractivity contribution < 1.29 is 4.39 Å². The van der Waals surface area contributed by atoms with Crippen molar-refractivity contribution in [1.29, 1.82) is 0 Å². The Bertz CT molecular complexity index is 317. The van der Waals surface area contributed by atoms with E-state index in [0.717, 1.165) is 37.2 Å². The summed E-state index contributed by atoms with van der Waals surface area (Å²) in [5, 5.41) is 3.33. The highest BCUT2D eigenvalue weighted by molar-refractivity contribution is 7.98. The lowest BCUT2D eigenvalue weighted by molar-refractivity contribution is 0.520. The fourth-order valence-electron chi connectivity index (χ4n) is 1.97. The highest BCUT2D eigenvalue weighted by Gasteiger charge is 2.14. The van der Waals surface area contributed by atoms with Crippen LogP contribution in [0.4, 0.5) is 4.39 Å². The van der Waals surface area contributed by atoms with Gasteiger partial charge in [-0.05, 0) is 48.9 Å². The average Bonchev–Trinajstić information content (AvgIpc) is 2.35. The Labute approximate surface area is 108 Å². The van der Waals surface area contributed by atoms with Crippen molar-refractivity contribution in [2.45, 2.75) is 25.7 Å². The third kappa shape index (κ3) is 5.09. The van der Waals surface area contributed by atoms with Crippen molar-refractivity contribution in [3.63, 3.8) is 0 Å². The Morgan fingerprint density at radius 2 is 2.12 bits per heavy atom. The second-order valence-corrected chi connectivity index (χ2v) is 5.15. The molecule has 0 aromatic heterocycles. The highest BCUT2D eigenvalue weighted by atomic mass is 32.2. The summed E-state index contributed by atoms with van der Waals surface area (Å²) in [7, 11) is 0. The third-order valence-electron chi connectivity index (χ3n) is 2.89. The van der Waals surface area contributed by atoms with Gasteiger partial charge in [-0.2, -0.15) is 11.8 Å². The van der Waals surface area contributed by atoms with Gasteiger partial charge in [0.2, 0.25) is 0 Å². The van der Waals surface area contributed by atoms with Crippen LogP contribution in [-0.2, 0) is 0 Å². The van der Waals surface area contributed by atoms with Crippen LogP contribution in [0.25, 0.3) is 0 Å². The first-order chi connectivity index (χ1) is 8.29. The second kappa shape index (κ2) is 8.54. The summed E-state index contributed by atoms with van der Waals surface area (Å²) < 4.78 is 13.7. The molecule has 0 amide bonds. The summed E-state index contributed by atoms with van der Waals surface area (Å²) in [4.78, 5) is 0. The maximum Gasteiger partial charge on any atom is 0.126 e.